The van der Waals surface area contributed by atoms with Gasteiger partial charge in [-0.05, 0) is 36.4 Å². The molecule has 0 saturated carbocycles. The number of pyridine rings is 1. The third-order valence-electron chi connectivity index (χ3n) is 5.20. The van der Waals surface area contributed by atoms with Crippen LogP contribution in [0.4, 0.5) is 4.39 Å². The third-order valence-corrected chi connectivity index (χ3v) is 5.20. The van der Waals surface area contributed by atoms with Crippen molar-refractivity contribution in [1.82, 2.24) is 20.1 Å². The van der Waals surface area contributed by atoms with Crippen LogP contribution in [0.1, 0.15) is 15.9 Å². The largest absolute Gasteiger partial charge is 0.348 e. The Morgan fingerprint density at radius 1 is 1.00 bits per heavy atom. The zero-order chi connectivity index (χ0) is 21.4. The fraction of sp³-hybridized carbons (Fsp3) is 0.0417. The minimum absolute atomic E-state index is 0.0766. The van der Waals surface area contributed by atoms with Gasteiger partial charge in [0.1, 0.15) is 5.82 Å². The summed E-state index contributed by atoms with van der Waals surface area (Å²) in [5, 5.41) is 6.96. The van der Waals surface area contributed by atoms with Crippen molar-refractivity contribution in [2.45, 2.75) is 6.54 Å². The number of para-hydroxylation sites is 1. The van der Waals surface area contributed by atoms with Crippen LogP contribution in [-0.2, 0) is 6.54 Å². The molecule has 0 saturated heterocycles. The summed E-state index contributed by atoms with van der Waals surface area (Å²) in [6, 6.07) is 20.6. The average molecular weight is 412 g/mol. The number of halogens is 1. The maximum Gasteiger partial charge on any atom is 0.280 e. The summed E-state index contributed by atoms with van der Waals surface area (Å²) in [6.45, 7) is 0.0766. The summed E-state index contributed by atoms with van der Waals surface area (Å²) in [5.41, 5.74) is 2.54. The van der Waals surface area contributed by atoms with Crippen molar-refractivity contribution in [2.75, 3.05) is 0 Å². The minimum atomic E-state index is -0.368. The van der Waals surface area contributed by atoms with E-state index in [2.05, 4.69) is 15.4 Å². The van der Waals surface area contributed by atoms with Crippen molar-refractivity contribution in [2.24, 2.45) is 0 Å². The van der Waals surface area contributed by atoms with Gasteiger partial charge in [-0.2, -0.15) is 0 Å². The van der Waals surface area contributed by atoms with E-state index >= 15 is 0 Å². The molecule has 0 spiro atoms. The molecule has 0 atom stereocenters. The van der Waals surface area contributed by atoms with Gasteiger partial charge in [0.2, 0.25) is 0 Å². The first kappa shape index (κ1) is 18.7. The Hall–Kier alpha value is -4.26. The molecule has 7 heteroatoms. The molecule has 5 aromatic rings. The lowest BCUT2D eigenvalue weighted by atomic mass is 10.1. The highest BCUT2D eigenvalue weighted by atomic mass is 19.1. The van der Waals surface area contributed by atoms with Crippen molar-refractivity contribution in [3.8, 4) is 5.69 Å². The van der Waals surface area contributed by atoms with Crippen LogP contribution >= 0.6 is 0 Å². The Bertz CT molecular complexity index is 1490. The minimum Gasteiger partial charge on any atom is -0.348 e. The summed E-state index contributed by atoms with van der Waals surface area (Å²) in [5.74, 6) is -0.709. The van der Waals surface area contributed by atoms with Crippen LogP contribution in [0, 0.1) is 5.82 Å². The van der Waals surface area contributed by atoms with Crippen molar-refractivity contribution >= 4 is 27.7 Å². The standard InChI is InChI=1S/C24H17FN4O2/c25-20-9-5-4-6-16(20)13-27-23(30)15-10-11-21-18(12-15)22-19(14-26-21)24(31)29(28-22)17-7-2-1-3-8-17/h1-12,14,28H,13H2,(H,27,30). The number of hydrogen-bond donors (Lipinski definition) is 2. The van der Waals surface area contributed by atoms with Gasteiger partial charge in [0.05, 0.1) is 22.1 Å². The number of nitrogens with one attached hydrogen (secondary N) is 2. The maximum atomic E-state index is 13.8. The molecule has 152 valence electrons. The van der Waals surface area contributed by atoms with Crippen molar-refractivity contribution in [3.63, 3.8) is 0 Å². The Labute approximate surface area is 176 Å². The SMILES string of the molecule is O=C(NCc1ccccc1F)c1ccc2ncc3c(=O)n(-c4ccccc4)[nH]c3c2c1. The van der Waals surface area contributed by atoms with Crippen molar-refractivity contribution in [1.29, 1.82) is 0 Å². The molecule has 6 nitrogen and oxygen atoms in total. The van der Waals surface area contributed by atoms with Gasteiger partial charge in [0.15, 0.2) is 0 Å². The van der Waals surface area contributed by atoms with Crippen molar-refractivity contribution < 1.29 is 9.18 Å². The maximum absolute atomic E-state index is 13.8. The first-order valence-electron chi connectivity index (χ1n) is 9.72. The van der Waals surface area contributed by atoms with Crippen LogP contribution in [-0.4, -0.2) is 20.7 Å². The number of carbonyl (C=O) groups excluding carboxylic acids is 1. The Balaban J connectivity index is 1.54. The number of rotatable bonds is 4. The normalized spacial score (nSPS) is 11.1. The first-order chi connectivity index (χ1) is 15.1. The monoisotopic (exact) mass is 412 g/mol. The van der Waals surface area contributed by atoms with Crippen LogP contribution in [0.2, 0.25) is 0 Å². The van der Waals surface area contributed by atoms with Crippen molar-refractivity contribution in [3.05, 3.63) is 106 Å². The smallest absolute Gasteiger partial charge is 0.280 e. The average Bonchev–Trinajstić information content (AvgIpc) is 3.15. The van der Waals surface area contributed by atoms with Gasteiger partial charge < -0.3 is 5.32 Å². The number of aromatic nitrogens is 3. The van der Waals surface area contributed by atoms with Gasteiger partial charge in [0, 0.05) is 29.3 Å². The summed E-state index contributed by atoms with van der Waals surface area (Å²) in [6.07, 6.45) is 1.54. The van der Waals surface area contributed by atoms with Gasteiger partial charge in [-0.25, -0.2) is 9.07 Å². The molecule has 0 aliphatic heterocycles. The number of hydrogen-bond acceptors (Lipinski definition) is 3. The number of aromatic amines is 1. The molecular formula is C24H17FN4O2. The summed E-state index contributed by atoms with van der Waals surface area (Å²) < 4.78 is 15.3. The Morgan fingerprint density at radius 2 is 1.77 bits per heavy atom. The Morgan fingerprint density at radius 3 is 2.58 bits per heavy atom. The molecule has 0 aliphatic rings. The van der Waals surface area contributed by atoms with E-state index in [-0.39, 0.29) is 23.8 Å². The highest BCUT2D eigenvalue weighted by molar-refractivity contribution is 6.06. The first-order valence-corrected chi connectivity index (χ1v) is 9.72. The lowest BCUT2D eigenvalue weighted by molar-refractivity contribution is 0.0950. The van der Waals surface area contributed by atoms with Gasteiger partial charge in [0.25, 0.3) is 11.5 Å². The molecule has 0 bridgehead atoms. The van der Waals surface area contributed by atoms with Crippen LogP contribution < -0.4 is 10.9 Å². The second kappa shape index (κ2) is 7.53. The second-order valence-electron chi connectivity index (χ2n) is 7.14. The second-order valence-corrected chi connectivity index (χ2v) is 7.14. The molecule has 31 heavy (non-hydrogen) atoms. The predicted octanol–water partition coefficient (Wildman–Crippen LogP) is 3.94. The molecule has 0 unspecified atom stereocenters. The number of carbonyl (C=O) groups is 1. The summed E-state index contributed by atoms with van der Waals surface area (Å²) in [7, 11) is 0. The lowest BCUT2D eigenvalue weighted by Crippen LogP contribution is -2.23. The zero-order valence-electron chi connectivity index (χ0n) is 16.3. The lowest BCUT2D eigenvalue weighted by Gasteiger charge is -2.07. The van der Waals surface area contributed by atoms with E-state index in [1.54, 1.807) is 36.4 Å². The van der Waals surface area contributed by atoms with E-state index in [1.165, 1.54) is 16.9 Å². The third kappa shape index (κ3) is 3.36. The highest BCUT2D eigenvalue weighted by Crippen LogP contribution is 2.22. The zero-order valence-corrected chi connectivity index (χ0v) is 16.3. The van der Waals surface area contributed by atoms with E-state index < -0.39 is 0 Å². The van der Waals surface area contributed by atoms with Gasteiger partial charge in [-0.1, -0.05) is 36.4 Å². The molecule has 3 aromatic carbocycles. The van der Waals surface area contributed by atoms with Crippen LogP contribution in [0.15, 0.2) is 83.8 Å². The fourth-order valence-electron chi connectivity index (χ4n) is 3.58. The topological polar surface area (TPSA) is 79.8 Å². The van der Waals surface area contributed by atoms with E-state index in [0.717, 1.165) is 0 Å². The number of benzene rings is 3. The molecule has 2 N–H and O–H groups in total. The summed E-state index contributed by atoms with van der Waals surface area (Å²) in [4.78, 5) is 29.9. The molecule has 0 fully saturated rings. The quantitative estimate of drug-likeness (QED) is 0.469. The summed E-state index contributed by atoms with van der Waals surface area (Å²) >= 11 is 0. The van der Waals surface area contributed by atoms with Crippen LogP contribution in [0.25, 0.3) is 27.5 Å². The van der Waals surface area contributed by atoms with Gasteiger partial charge in [-0.15, -0.1) is 0 Å². The molecule has 2 heterocycles. The van der Waals surface area contributed by atoms with Crippen LogP contribution in [0.5, 0.6) is 0 Å². The van der Waals surface area contributed by atoms with Gasteiger partial charge in [-0.3, -0.25) is 19.7 Å². The Kier molecular flexibility index (Phi) is 4.55. The van der Waals surface area contributed by atoms with E-state index in [1.807, 2.05) is 30.3 Å². The fourth-order valence-corrected chi connectivity index (χ4v) is 3.58. The van der Waals surface area contributed by atoms with E-state index in [9.17, 15) is 14.0 Å². The number of amides is 1. The molecular weight excluding hydrogens is 395 g/mol. The number of fused-ring (bicyclic) bond motifs is 3. The van der Waals surface area contributed by atoms with Crippen LogP contribution in [0.3, 0.4) is 0 Å². The number of nitrogens with zero attached hydrogens (tertiary/aromatic N) is 2. The molecule has 5 rings (SSSR count). The predicted molar refractivity (Wildman–Crippen MR) is 117 cm³/mol. The molecule has 0 aliphatic carbocycles. The molecule has 1 amide bonds. The highest BCUT2D eigenvalue weighted by Gasteiger charge is 2.14. The number of H-pyrrole nitrogens is 1. The molecule has 2 aromatic heterocycles. The van der Waals surface area contributed by atoms with E-state index in [0.29, 0.717) is 38.6 Å². The van der Waals surface area contributed by atoms with E-state index in [4.69, 9.17) is 0 Å². The molecule has 0 radical (unpaired) electrons. The van der Waals surface area contributed by atoms with Gasteiger partial charge >= 0.3 is 0 Å².